The molecular weight excluding hydrogens is 310 g/mol. The summed E-state index contributed by atoms with van der Waals surface area (Å²) in [6.45, 7) is 0. The van der Waals surface area contributed by atoms with Crippen LogP contribution >= 0.6 is 0 Å². The second-order valence-electron chi connectivity index (χ2n) is 6.01. The maximum absolute atomic E-state index is 12.3. The summed E-state index contributed by atoms with van der Waals surface area (Å²) in [5.41, 5.74) is -0.484. The molecule has 2 aromatic rings. The van der Waals surface area contributed by atoms with Crippen LogP contribution in [-0.2, 0) is 4.79 Å². The molecule has 0 radical (unpaired) electrons. The van der Waals surface area contributed by atoms with Crippen LogP contribution < -0.4 is 10.3 Å². The molecule has 0 bridgehead atoms. The van der Waals surface area contributed by atoms with Gasteiger partial charge in [0.2, 0.25) is 0 Å². The van der Waals surface area contributed by atoms with Crippen molar-refractivity contribution < 1.29 is 14.6 Å². The minimum Gasteiger partial charge on any atom is -0.480 e. The molecule has 126 valence electrons. The van der Waals surface area contributed by atoms with E-state index in [9.17, 15) is 14.7 Å². The first-order chi connectivity index (χ1) is 11.6. The summed E-state index contributed by atoms with van der Waals surface area (Å²) >= 11 is 0. The molecule has 1 N–H and O–H groups in total. The molecule has 3 rings (SSSR count). The average molecular weight is 329 g/mol. The van der Waals surface area contributed by atoms with Gasteiger partial charge in [0, 0.05) is 12.3 Å². The molecule has 1 saturated carbocycles. The molecule has 0 aliphatic heterocycles. The molecule has 1 fully saturated rings. The van der Waals surface area contributed by atoms with E-state index in [-0.39, 0.29) is 5.75 Å². The summed E-state index contributed by atoms with van der Waals surface area (Å²) in [7, 11) is 0. The van der Waals surface area contributed by atoms with Crippen molar-refractivity contribution in [3.05, 3.63) is 47.1 Å². The predicted octanol–water partition coefficient (Wildman–Crippen LogP) is 2.64. The Balaban J connectivity index is 1.79. The van der Waals surface area contributed by atoms with Gasteiger partial charge in [-0.05, 0) is 24.5 Å². The number of rotatable bonds is 6. The first-order valence-corrected chi connectivity index (χ1v) is 8.03. The van der Waals surface area contributed by atoms with Gasteiger partial charge >= 0.3 is 5.97 Å². The highest BCUT2D eigenvalue weighted by Crippen LogP contribution is 2.31. The number of aliphatic carboxylic acids is 1. The van der Waals surface area contributed by atoms with E-state index in [1.54, 1.807) is 18.3 Å². The zero-order valence-electron chi connectivity index (χ0n) is 13.2. The summed E-state index contributed by atoms with van der Waals surface area (Å²) in [5.74, 6) is 0.0509. The third-order valence-electron chi connectivity index (χ3n) is 4.28. The number of carboxylic acid groups (broad SMARTS) is 1. The van der Waals surface area contributed by atoms with Gasteiger partial charge in [-0.3, -0.25) is 9.78 Å². The molecule has 24 heavy (non-hydrogen) atoms. The van der Waals surface area contributed by atoms with Gasteiger partial charge in [0.25, 0.3) is 5.56 Å². The number of pyridine rings is 1. The topological polar surface area (TPSA) is 94.3 Å². The number of ether oxygens (including phenoxy) is 1. The zero-order chi connectivity index (χ0) is 16.9. The molecule has 1 atom stereocenters. The summed E-state index contributed by atoms with van der Waals surface area (Å²) in [5, 5.41) is 13.5. The van der Waals surface area contributed by atoms with Crippen LogP contribution in [0.3, 0.4) is 0 Å². The first-order valence-electron chi connectivity index (χ1n) is 8.03. The number of aromatic nitrogens is 3. The summed E-state index contributed by atoms with van der Waals surface area (Å²) in [6.07, 6.45) is 9.20. The molecule has 1 aliphatic carbocycles. The first kappa shape index (κ1) is 16.2. The maximum Gasteiger partial charge on any atom is 0.328 e. The fourth-order valence-corrected chi connectivity index (χ4v) is 3.10. The van der Waals surface area contributed by atoms with Crippen molar-refractivity contribution in [3.63, 3.8) is 0 Å². The van der Waals surface area contributed by atoms with Crippen LogP contribution in [0, 0.1) is 5.92 Å². The van der Waals surface area contributed by atoms with Crippen molar-refractivity contribution in [2.45, 2.75) is 38.1 Å². The van der Waals surface area contributed by atoms with Gasteiger partial charge in [-0.2, -0.15) is 5.10 Å². The van der Waals surface area contributed by atoms with Crippen molar-refractivity contribution in [2.24, 2.45) is 5.92 Å². The van der Waals surface area contributed by atoms with Crippen LogP contribution in [-0.4, -0.2) is 25.8 Å². The van der Waals surface area contributed by atoms with E-state index >= 15 is 0 Å². The van der Waals surface area contributed by atoms with Gasteiger partial charge in [0.05, 0.1) is 12.4 Å². The van der Waals surface area contributed by atoms with E-state index in [0.29, 0.717) is 18.1 Å². The molecule has 0 aromatic carbocycles. The lowest BCUT2D eigenvalue weighted by atomic mass is 9.98. The lowest BCUT2D eigenvalue weighted by molar-refractivity contribution is -0.142. The highest BCUT2D eigenvalue weighted by Gasteiger charge is 2.27. The molecule has 2 aromatic heterocycles. The van der Waals surface area contributed by atoms with Crippen molar-refractivity contribution in [2.75, 3.05) is 0 Å². The number of hydrogen-bond acceptors (Lipinski definition) is 5. The van der Waals surface area contributed by atoms with Crippen LogP contribution in [0.5, 0.6) is 11.5 Å². The monoisotopic (exact) mass is 329 g/mol. The number of nitrogens with zero attached hydrogens (tertiary/aromatic N) is 3. The highest BCUT2D eigenvalue weighted by atomic mass is 16.5. The lowest BCUT2D eigenvalue weighted by Gasteiger charge is -2.18. The van der Waals surface area contributed by atoms with Gasteiger partial charge in [-0.25, -0.2) is 9.48 Å². The van der Waals surface area contributed by atoms with E-state index in [1.165, 1.54) is 18.5 Å². The largest absolute Gasteiger partial charge is 0.480 e. The Kier molecular flexibility index (Phi) is 4.88. The average Bonchev–Trinajstić information content (AvgIpc) is 3.07. The lowest BCUT2D eigenvalue weighted by Crippen LogP contribution is -2.32. The molecule has 0 amide bonds. The highest BCUT2D eigenvalue weighted by molar-refractivity contribution is 5.71. The van der Waals surface area contributed by atoms with E-state index < -0.39 is 17.6 Å². The number of carboxylic acids is 1. The summed E-state index contributed by atoms with van der Waals surface area (Å²) in [6, 6.07) is 3.74. The fraction of sp³-hybridized carbons (Fsp3) is 0.412. The molecule has 1 unspecified atom stereocenters. The minimum atomic E-state index is -1.03. The molecular formula is C17H19N3O4. The van der Waals surface area contributed by atoms with Gasteiger partial charge < -0.3 is 9.84 Å². The molecule has 0 spiro atoms. The fourth-order valence-electron chi connectivity index (χ4n) is 3.10. The quantitative estimate of drug-likeness (QED) is 0.875. The Morgan fingerprint density at radius 1 is 1.33 bits per heavy atom. The molecule has 7 heteroatoms. The van der Waals surface area contributed by atoms with Crippen molar-refractivity contribution in [1.29, 1.82) is 0 Å². The van der Waals surface area contributed by atoms with E-state index in [2.05, 4.69) is 10.1 Å². The molecule has 2 heterocycles. The Hall–Kier alpha value is -2.70. The summed E-state index contributed by atoms with van der Waals surface area (Å²) < 4.78 is 6.54. The van der Waals surface area contributed by atoms with Crippen LogP contribution in [0.2, 0.25) is 0 Å². The third-order valence-corrected chi connectivity index (χ3v) is 4.28. The smallest absolute Gasteiger partial charge is 0.328 e. The summed E-state index contributed by atoms with van der Waals surface area (Å²) in [4.78, 5) is 27.8. The molecule has 0 saturated heterocycles. The Morgan fingerprint density at radius 2 is 2.12 bits per heavy atom. The second-order valence-corrected chi connectivity index (χ2v) is 6.01. The Labute approximate surface area is 138 Å². The van der Waals surface area contributed by atoms with Crippen LogP contribution in [0.25, 0.3) is 0 Å². The van der Waals surface area contributed by atoms with E-state index in [0.717, 1.165) is 30.4 Å². The van der Waals surface area contributed by atoms with E-state index in [4.69, 9.17) is 4.74 Å². The van der Waals surface area contributed by atoms with Gasteiger partial charge in [0.15, 0.2) is 11.8 Å². The number of hydrogen-bond donors (Lipinski definition) is 1. The van der Waals surface area contributed by atoms with Crippen LogP contribution in [0.4, 0.5) is 0 Å². The van der Waals surface area contributed by atoms with Crippen molar-refractivity contribution >= 4 is 5.97 Å². The van der Waals surface area contributed by atoms with Gasteiger partial charge in [0.1, 0.15) is 5.75 Å². The van der Waals surface area contributed by atoms with Crippen LogP contribution in [0.1, 0.15) is 38.1 Å². The van der Waals surface area contributed by atoms with Gasteiger partial charge in [-0.15, -0.1) is 0 Å². The zero-order valence-corrected chi connectivity index (χ0v) is 13.2. The van der Waals surface area contributed by atoms with Crippen LogP contribution in [0.15, 0.2) is 41.6 Å². The SMILES string of the molecule is O=C(O)C(CC1CCCC1)n1ncc(Oc2cccnc2)cc1=O. The third kappa shape index (κ3) is 3.79. The molecule has 7 nitrogen and oxygen atoms in total. The van der Waals surface area contributed by atoms with Crippen molar-refractivity contribution in [3.8, 4) is 11.5 Å². The minimum absolute atomic E-state index is 0.259. The Morgan fingerprint density at radius 3 is 2.75 bits per heavy atom. The van der Waals surface area contributed by atoms with E-state index in [1.807, 2.05) is 0 Å². The normalized spacial score (nSPS) is 16.0. The molecule has 1 aliphatic rings. The second kappa shape index (κ2) is 7.25. The Bertz CT molecular complexity index is 754. The predicted molar refractivity (Wildman–Crippen MR) is 86.1 cm³/mol. The van der Waals surface area contributed by atoms with Gasteiger partial charge in [-0.1, -0.05) is 25.7 Å². The standard InChI is InChI=1S/C17H19N3O4/c21-16-9-14(24-13-6-3-7-18-10-13)11-19-20(16)15(17(22)23)8-12-4-1-2-5-12/h3,6-7,9-12,15H,1-2,4-5,8H2,(H,22,23). The van der Waals surface area contributed by atoms with Crippen molar-refractivity contribution in [1.82, 2.24) is 14.8 Å². The number of carbonyl (C=O) groups is 1. The maximum atomic E-state index is 12.3.